The molecule has 1 aliphatic rings. The fraction of sp³-hybridized carbons (Fsp3) is 0.367. The van der Waals surface area contributed by atoms with Crippen LogP contribution in [0.3, 0.4) is 0 Å². The molecule has 4 aromatic rings. The van der Waals surface area contributed by atoms with E-state index >= 15 is 0 Å². The molecule has 3 N–H and O–H groups in total. The molecule has 2 aromatic heterocycles. The quantitative estimate of drug-likeness (QED) is 0.193. The molecule has 0 fully saturated rings. The maximum Gasteiger partial charge on any atom is 0.354 e. The Labute approximate surface area is 256 Å². The average Bonchev–Trinajstić information content (AvgIpc) is 3.70. The normalized spacial score (nSPS) is 17.8. The number of nitrogens with zero attached hydrogens (tertiary/aromatic N) is 4. The van der Waals surface area contributed by atoms with Crippen LogP contribution < -0.4 is 5.32 Å². The van der Waals surface area contributed by atoms with Crippen LogP contribution in [0.15, 0.2) is 62.7 Å². The SMILES string of the molecule is CCC1(C(C)OC(=O)C(C)(C)OC)NC(C)=C(C(=O)O)N1Cc1ccc2oc(-c3ccccc3-c3nn[nH]n3)c(Br)c2c1. The van der Waals surface area contributed by atoms with Crippen LogP contribution in [-0.4, -0.2) is 67.0 Å². The summed E-state index contributed by atoms with van der Waals surface area (Å²) in [5.41, 5.74) is 1.41. The van der Waals surface area contributed by atoms with Gasteiger partial charge in [0.2, 0.25) is 5.82 Å². The van der Waals surface area contributed by atoms with Gasteiger partial charge in [-0.3, -0.25) is 0 Å². The van der Waals surface area contributed by atoms with Crippen LogP contribution in [0, 0.1) is 0 Å². The summed E-state index contributed by atoms with van der Waals surface area (Å²) in [6.07, 6.45) is -0.290. The Morgan fingerprint density at radius 3 is 2.56 bits per heavy atom. The third kappa shape index (κ3) is 5.27. The number of allylic oxidation sites excluding steroid dienone is 1. The Kier molecular flexibility index (Phi) is 8.05. The highest BCUT2D eigenvalue weighted by Crippen LogP contribution is 2.42. The molecule has 2 unspecified atom stereocenters. The third-order valence-electron chi connectivity index (χ3n) is 8.00. The van der Waals surface area contributed by atoms with Gasteiger partial charge in [-0.25, -0.2) is 9.59 Å². The lowest BCUT2D eigenvalue weighted by molar-refractivity contribution is -0.178. The van der Waals surface area contributed by atoms with E-state index in [1.54, 1.807) is 32.6 Å². The number of carboxylic acid groups (broad SMARTS) is 1. The van der Waals surface area contributed by atoms with Gasteiger partial charge in [0.15, 0.2) is 5.60 Å². The number of benzene rings is 2. The minimum Gasteiger partial charge on any atom is -0.477 e. The van der Waals surface area contributed by atoms with Gasteiger partial charge in [-0.05, 0) is 73.0 Å². The van der Waals surface area contributed by atoms with E-state index in [0.29, 0.717) is 29.3 Å². The zero-order valence-corrected chi connectivity index (χ0v) is 26.3. The first kappa shape index (κ1) is 30.2. The van der Waals surface area contributed by atoms with Gasteiger partial charge in [0.1, 0.15) is 28.8 Å². The Bertz CT molecular complexity index is 1720. The zero-order chi connectivity index (χ0) is 31.1. The molecule has 0 radical (unpaired) electrons. The summed E-state index contributed by atoms with van der Waals surface area (Å²) < 4.78 is 18.2. The Morgan fingerprint density at radius 2 is 1.93 bits per heavy atom. The van der Waals surface area contributed by atoms with Crippen molar-refractivity contribution >= 4 is 38.8 Å². The number of methoxy groups -OCH3 is 1. The first-order valence-electron chi connectivity index (χ1n) is 13.7. The van der Waals surface area contributed by atoms with Gasteiger partial charge in [0, 0.05) is 35.9 Å². The molecule has 3 heterocycles. The number of tetrazole rings is 1. The maximum absolute atomic E-state index is 12.9. The van der Waals surface area contributed by atoms with Crippen LogP contribution in [0.5, 0.6) is 0 Å². The standard InChI is InChI=1S/C30H33BrN6O6/c1-7-30(17(3)42-28(40)29(4,5)41-6)32-16(2)24(27(38)39)37(30)15-18-12-13-22-21(14-18)23(31)25(43-22)19-10-8-9-11-20(19)26-33-35-36-34-26/h8-14,17,32H,7,15H2,1-6H3,(H,38,39)(H,33,34,35,36). The number of fused-ring (bicyclic) bond motifs is 1. The predicted molar refractivity (Wildman–Crippen MR) is 161 cm³/mol. The minimum absolute atomic E-state index is 0.108. The monoisotopic (exact) mass is 652 g/mol. The number of ether oxygens (including phenoxy) is 2. The van der Waals surface area contributed by atoms with Crippen LogP contribution in [0.4, 0.5) is 0 Å². The number of esters is 1. The highest BCUT2D eigenvalue weighted by Gasteiger charge is 2.51. The number of hydrogen-bond donors (Lipinski definition) is 3. The number of rotatable bonds is 10. The number of carbonyl (C=O) groups is 2. The summed E-state index contributed by atoms with van der Waals surface area (Å²) in [6.45, 7) is 8.86. The first-order valence-corrected chi connectivity index (χ1v) is 14.5. The van der Waals surface area contributed by atoms with Crippen LogP contribution in [0.2, 0.25) is 0 Å². The smallest absolute Gasteiger partial charge is 0.354 e. The highest BCUT2D eigenvalue weighted by atomic mass is 79.9. The van der Waals surface area contributed by atoms with E-state index in [1.807, 2.05) is 49.4 Å². The van der Waals surface area contributed by atoms with Crippen molar-refractivity contribution in [3.05, 3.63) is 63.9 Å². The molecule has 0 saturated carbocycles. The Morgan fingerprint density at radius 1 is 1.21 bits per heavy atom. The number of carbonyl (C=O) groups excluding carboxylic acids is 1. The topological polar surface area (TPSA) is 156 Å². The number of halogens is 1. The Hall–Kier alpha value is -4.23. The number of nitrogens with one attached hydrogen (secondary N) is 2. The summed E-state index contributed by atoms with van der Waals surface area (Å²) in [7, 11) is 1.44. The fourth-order valence-corrected chi connectivity index (χ4v) is 6.05. The molecule has 0 saturated heterocycles. The van der Waals surface area contributed by atoms with Gasteiger partial charge in [-0.15, -0.1) is 10.2 Å². The largest absolute Gasteiger partial charge is 0.477 e. The number of H-pyrrole nitrogens is 1. The van der Waals surface area contributed by atoms with E-state index in [1.165, 1.54) is 7.11 Å². The highest BCUT2D eigenvalue weighted by molar-refractivity contribution is 9.10. The van der Waals surface area contributed by atoms with E-state index in [9.17, 15) is 14.7 Å². The van der Waals surface area contributed by atoms with Gasteiger partial charge in [-0.1, -0.05) is 37.3 Å². The second-order valence-electron chi connectivity index (χ2n) is 10.9. The van der Waals surface area contributed by atoms with Gasteiger partial charge >= 0.3 is 11.9 Å². The number of carboxylic acids is 1. The third-order valence-corrected chi connectivity index (χ3v) is 8.79. The van der Waals surface area contributed by atoms with Crippen molar-refractivity contribution in [2.24, 2.45) is 0 Å². The minimum atomic E-state index is -1.16. The zero-order valence-electron chi connectivity index (χ0n) is 24.7. The molecule has 0 amide bonds. The van der Waals surface area contributed by atoms with Crippen molar-refractivity contribution in [1.82, 2.24) is 30.8 Å². The molecule has 5 rings (SSSR count). The second kappa shape index (κ2) is 11.5. The number of hydrogen-bond acceptors (Lipinski definition) is 10. The molecule has 0 aliphatic carbocycles. The van der Waals surface area contributed by atoms with Crippen molar-refractivity contribution in [3.63, 3.8) is 0 Å². The molecule has 12 nitrogen and oxygen atoms in total. The molecular formula is C30H33BrN6O6. The molecule has 226 valence electrons. The van der Waals surface area contributed by atoms with E-state index in [-0.39, 0.29) is 12.2 Å². The fourth-order valence-electron chi connectivity index (χ4n) is 5.44. The van der Waals surface area contributed by atoms with Crippen molar-refractivity contribution in [2.45, 2.75) is 65.0 Å². The molecule has 1 aliphatic heterocycles. The van der Waals surface area contributed by atoms with Crippen LogP contribution in [0.25, 0.3) is 33.7 Å². The first-order chi connectivity index (χ1) is 20.4. The van der Waals surface area contributed by atoms with Crippen molar-refractivity contribution < 1.29 is 28.6 Å². The Balaban J connectivity index is 1.53. The summed E-state index contributed by atoms with van der Waals surface area (Å²) in [6, 6.07) is 13.3. The molecule has 43 heavy (non-hydrogen) atoms. The lowest BCUT2D eigenvalue weighted by atomic mass is 9.97. The number of furan rings is 1. The molecule has 13 heteroatoms. The van der Waals surface area contributed by atoms with Gasteiger partial charge in [0.05, 0.1) is 4.47 Å². The van der Waals surface area contributed by atoms with Gasteiger partial charge in [-0.2, -0.15) is 5.21 Å². The summed E-state index contributed by atoms with van der Waals surface area (Å²) in [5.74, 6) is -0.590. The molecule has 0 bridgehead atoms. The van der Waals surface area contributed by atoms with Crippen molar-refractivity contribution in [3.8, 4) is 22.7 Å². The summed E-state index contributed by atoms with van der Waals surface area (Å²) in [5, 5.41) is 28.8. The van der Waals surface area contributed by atoms with E-state index in [2.05, 4.69) is 41.9 Å². The van der Waals surface area contributed by atoms with Crippen LogP contribution in [0.1, 0.15) is 46.6 Å². The van der Waals surface area contributed by atoms with E-state index in [0.717, 1.165) is 26.5 Å². The van der Waals surface area contributed by atoms with Crippen molar-refractivity contribution in [2.75, 3.05) is 7.11 Å². The van der Waals surface area contributed by atoms with Gasteiger partial charge in [0.25, 0.3) is 0 Å². The number of aromatic amines is 1. The predicted octanol–water partition coefficient (Wildman–Crippen LogP) is 5.23. The number of aromatic nitrogens is 4. The lowest BCUT2D eigenvalue weighted by Crippen LogP contribution is -2.61. The van der Waals surface area contributed by atoms with Gasteiger partial charge < -0.3 is 29.2 Å². The molecule has 2 aromatic carbocycles. The van der Waals surface area contributed by atoms with Crippen molar-refractivity contribution in [1.29, 1.82) is 0 Å². The molecule has 2 atom stereocenters. The second-order valence-corrected chi connectivity index (χ2v) is 11.7. The van der Waals surface area contributed by atoms with E-state index in [4.69, 9.17) is 13.9 Å². The molecular weight excluding hydrogens is 620 g/mol. The molecule has 0 spiro atoms. The summed E-state index contributed by atoms with van der Waals surface area (Å²) in [4.78, 5) is 27.2. The van der Waals surface area contributed by atoms with Crippen LogP contribution in [-0.2, 0) is 25.6 Å². The average molecular weight is 654 g/mol. The summed E-state index contributed by atoms with van der Waals surface area (Å²) >= 11 is 3.73. The lowest BCUT2D eigenvalue weighted by Gasteiger charge is -2.44. The van der Waals surface area contributed by atoms with Crippen LogP contribution >= 0.6 is 15.9 Å². The maximum atomic E-state index is 12.9. The van der Waals surface area contributed by atoms with E-state index < -0.39 is 29.3 Å². The number of aliphatic carboxylic acids is 1.